The maximum absolute atomic E-state index is 12.2. The van der Waals surface area contributed by atoms with Crippen molar-refractivity contribution in [1.82, 2.24) is 9.78 Å². The van der Waals surface area contributed by atoms with Crippen LogP contribution in [0.4, 0.5) is 0 Å². The number of hydrogen-bond acceptors (Lipinski definition) is 4. The highest BCUT2D eigenvalue weighted by Crippen LogP contribution is 2.15. The molecule has 0 saturated heterocycles. The first kappa shape index (κ1) is 14.5. The lowest BCUT2D eigenvalue weighted by molar-refractivity contribution is 0.0966. The molecule has 0 atom stereocenters. The second-order valence-electron chi connectivity index (χ2n) is 4.62. The van der Waals surface area contributed by atoms with E-state index in [1.807, 2.05) is 0 Å². The van der Waals surface area contributed by atoms with Gasteiger partial charge in [0, 0.05) is 16.1 Å². The molecule has 0 amide bonds. The largest absolute Gasteiger partial charge is 0.463 e. The van der Waals surface area contributed by atoms with Crippen molar-refractivity contribution in [3.8, 4) is 11.5 Å². The van der Waals surface area contributed by atoms with Gasteiger partial charge in [-0.05, 0) is 30.3 Å². The van der Waals surface area contributed by atoms with E-state index in [0.717, 1.165) is 9.15 Å². The first-order valence-electron chi connectivity index (χ1n) is 6.54. The van der Waals surface area contributed by atoms with Crippen molar-refractivity contribution in [1.29, 1.82) is 0 Å². The summed E-state index contributed by atoms with van der Waals surface area (Å²) in [6.07, 6.45) is 1.53. The number of ketones is 1. The van der Waals surface area contributed by atoms with Gasteiger partial charge in [0.1, 0.15) is 12.2 Å². The summed E-state index contributed by atoms with van der Waals surface area (Å²) >= 11 is 3.32. The number of rotatable bonds is 4. The van der Waals surface area contributed by atoms with Gasteiger partial charge in [0.2, 0.25) is 0 Å². The van der Waals surface area contributed by atoms with Gasteiger partial charge in [0.05, 0.1) is 6.26 Å². The van der Waals surface area contributed by atoms with Crippen LogP contribution in [0.1, 0.15) is 10.4 Å². The van der Waals surface area contributed by atoms with E-state index in [4.69, 9.17) is 4.42 Å². The molecule has 5 nitrogen and oxygen atoms in total. The third-order valence-electron chi connectivity index (χ3n) is 3.10. The van der Waals surface area contributed by atoms with E-state index in [1.54, 1.807) is 42.5 Å². The molecule has 6 heteroatoms. The molecular weight excluding hydrogens is 348 g/mol. The molecule has 0 aliphatic rings. The van der Waals surface area contributed by atoms with Gasteiger partial charge in [-0.1, -0.05) is 28.1 Å². The Hall–Kier alpha value is -2.47. The molecule has 110 valence electrons. The smallest absolute Gasteiger partial charge is 0.267 e. The molecule has 2 aromatic heterocycles. The van der Waals surface area contributed by atoms with Gasteiger partial charge < -0.3 is 4.42 Å². The Morgan fingerprint density at radius 3 is 2.59 bits per heavy atom. The molecule has 0 saturated carbocycles. The van der Waals surface area contributed by atoms with Crippen molar-refractivity contribution in [3.05, 3.63) is 75.2 Å². The average molecular weight is 359 g/mol. The summed E-state index contributed by atoms with van der Waals surface area (Å²) in [5.41, 5.74) is 0.703. The Balaban J connectivity index is 1.88. The molecule has 3 rings (SSSR count). The lowest BCUT2D eigenvalue weighted by atomic mass is 10.1. The van der Waals surface area contributed by atoms with Crippen LogP contribution in [-0.2, 0) is 6.54 Å². The maximum atomic E-state index is 12.2. The van der Waals surface area contributed by atoms with Crippen LogP contribution in [0.25, 0.3) is 11.5 Å². The molecule has 0 aliphatic carbocycles. The van der Waals surface area contributed by atoms with Gasteiger partial charge in [-0.15, -0.1) is 0 Å². The Bertz CT molecular complexity index is 852. The average Bonchev–Trinajstić information content (AvgIpc) is 3.04. The minimum absolute atomic E-state index is 0.116. The van der Waals surface area contributed by atoms with Gasteiger partial charge in [-0.3, -0.25) is 9.59 Å². The number of furan rings is 1. The van der Waals surface area contributed by atoms with E-state index < -0.39 is 0 Å². The number of Topliss-reactive ketones (excluding diaryl/α,β-unsaturated/α-hetero) is 1. The van der Waals surface area contributed by atoms with Crippen LogP contribution in [0.15, 0.2) is 68.5 Å². The van der Waals surface area contributed by atoms with E-state index in [2.05, 4.69) is 21.0 Å². The SMILES string of the molecule is O=C(Cn1nc(-c2ccco2)ccc1=O)c1ccc(Br)cc1. The molecule has 0 unspecified atom stereocenters. The lowest BCUT2D eigenvalue weighted by Crippen LogP contribution is -2.26. The van der Waals surface area contributed by atoms with E-state index in [0.29, 0.717) is 17.0 Å². The lowest BCUT2D eigenvalue weighted by Gasteiger charge is -2.05. The zero-order valence-electron chi connectivity index (χ0n) is 11.4. The summed E-state index contributed by atoms with van der Waals surface area (Å²) in [7, 11) is 0. The van der Waals surface area contributed by atoms with Crippen molar-refractivity contribution in [2.45, 2.75) is 6.54 Å². The van der Waals surface area contributed by atoms with Crippen LogP contribution in [0.3, 0.4) is 0 Å². The fourth-order valence-electron chi connectivity index (χ4n) is 1.98. The van der Waals surface area contributed by atoms with Gasteiger partial charge in [-0.2, -0.15) is 5.10 Å². The predicted molar refractivity (Wildman–Crippen MR) is 84.7 cm³/mol. The van der Waals surface area contributed by atoms with Crippen LogP contribution < -0.4 is 5.56 Å². The quantitative estimate of drug-likeness (QED) is 0.672. The van der Waals surface area contributed by atoms with Crippen molar-refractivity contribution in [3.63, 3.8) is 0 Å². The fourth-order valence-corrected chi connectivity index (χ4v) is 2.25. The summed E-state index contributed by atoms with van der Waals surface area (Å²) in [5, 5.41) is 4.18. The van der Waals surface area contributed by atoms with Crippen LogP contribution in [-0.4, -0.2) is 15.6 Å². The van der Waals surface area contributed by atoms with E-state index >= 15 is 0 Å². The van der Waals surface area contributed by atoms with E-state index in [9.17, 15) is 9.59 Å². The second kappa shape index (κ2) is 6.11. The predicted octanol–water partition coefficient (Wildman–Crippen LogP) is 3.15. The van der Waals surface area contributed by atoms with E-state index in [1.165, 1.54) is 12.3 Å². The number of hydrogen-bond donors (Lipinski definition) is 0. The third kappa shape index (κ3) is 3.07. The summed E-state index contributed by atoms with van der Waals surface area (Å²) in [5.74, 6) is 0.364. The maximum Gasteiger partial charge on any atom is 0.267 e. The molecular formula is C16H11BrN2O3. The van der Waals surface area contributed by atoms with Crippen molar-refractivity contribution >= 4 is 21.7 Å². The third-order valence-corrected chi connectivity index (χ3v) is 3.63. The molecule has 2 heterocycles. The molecule has 0 N–H and O–H groups in total. The summed E-state index contributed by atoms with van der Waals surface area (Å²) in [6.45, 7) is -0.116. The summed E-state index contributed by atoms with van der Waals surface area (Å²) < 4.78 is 7.28. The normalized spacial score (nSPS) is 10.6. The monoisotopic (exact) mass is 358 g/mol. The molecule has 0 fully saturated rings. The minimum atomic E-state index is -0.333. The van der Waals surface area contributed by atoms with Gasteiger partial charge in [0.15, 0.2) is 11.5 Å². The van der Waals surface area contributed by atoms with Crippen LogP contribution in [0.5, 0.6) is 0 Å². The minimum Gasteiger partial charge on any atom is -0.463 e. The summed E-state index contributed by atoms with van der Waals surface area (Å²) in [4.78, 5) is 24.1. The molecule has 0 radical (unpaired) electrons. The van der Waals surface area contributed by atoms with Gasteiger partial charge in [-0.25, -0.2) is 4.68 Å². The highest BCUT2D eigenvalue weighted by Gasteiger charge is 2.11. The second-order valence-corrected chi connectivity index (χ2v) is 5.54. The Labute approximate surface area is 134 Å². The molecule has 0 bridgehead atoms. The van der Waals surface area contributed by atoms with Crippen molar-refractivity contribution < 1.29 is 9.21 Å². The highest BCUT2D eigenvalue weighted by atomic mass is 79.9. The number of nitrogens with zero attached hydrogens (tertiary/aromatic N) is 2. The fraction of sp³-hybridized carbons (Fsp3) is 0.0625. The van der Waals surface area contributed by atoms with Gasteiger partial charge in [0.25, 0.3) is 5.56 Å². The van der Waals surface area contributed by atoms with Gasteiger partial charge >= 0.3 is 0 Å². The first-order valence-corrected chi connectivity index (χ1v) is 7.33. The van der Waals surface area contributed by atoms with Crippen LogP contribution in [0, 0.1) is 0 Å². The van der Waals surface area contributed by atoms with Crippen LogP contribution in [0.2, 0.25) is 0 Å². The Morgan fingerprint density at radius 2 is 1.91 bits per heavy atom. The molecule has 0 spiro atoms. The molecule has 3 aromatic rings. The van der Waals surface area contributed by atoms with Crippen molar-refractivity contribution in [2.75, 3.05) is 0 Å². The standard InChI is InChI=1S/C16H11BrN2O3/c17-12-5-3-11(4-6-12)14(20)10-19-16(21)8-7-13(18-19)15-2-1-9-22-15/h1-9H,10H2. The summed E-state index contributed by atoms with van der Waals surface area (Å²) in [6, 6.07) is 13.4. The van der Waals surface area contributed by atoms with Crippen molar-refractivity contribution in [2.24, 2.45) is 0 Å². The number of carbonyl (C=O) groups is 1. The molecule has 1 aromatic carbocycles. The number of benzene rings is 1. The number of halogens is 1. The Morgan fingerprint density at radius 1 is 1.14 bits per heavy atom. The zero-order valence-corrected chi connectivity index (χ0v) is 13.0. The first-order chi connectivity index (χ1) is 10.6. The van der Waals surface area contributed by atoms with Crippen LogP contribution >= 0.6 is 15.9 Å². The molecule has 22 heavy (non-hydrogen) atoms. The topological polar surface area (TPSA) is 65.1 Å². The zero-order chi connectivity index (χ0) is 15.5. The van der Waals surface area contributed by atoms with E-state index in [-0.39, 0.29) is 17.9 Å². The number of aromatic nitrogens is 2. The molecule has 0 aliphatic heterocycles. The highest BCUT2D eigenvalue weighted by molar-refractivity contribution is 9.10. The number of carbonyl (C=O) groups excluding carboxylic acids is 1. The Kier molecular flexibility index (Phi) is 4.02.